The average Bonchev–Trinajstić information content (AvgIpc) is 3.61. The minimum absolute atomic E-state index is 0.0555. The van der Waals surface area contributed by atoms with Crippen LogP contribution in [0.1, 0.15) is 77.5 Å². The van der Waals surface area contributed by atoms with Gasteiger partial charge in [0.25, 0.3) is 5.91 Å². The number of nitrogens with one attached hydrogen (secondary N) is 2. The van der Waals surface area contributed by atoms with E-state index in [1.165, 1.54) is 6.21 Å². The van der Waals surface area contributed by atoms with Crippen molar-refractivity contribution in [3.8, 4) is 17.0 Å². The van der Waals surface area contributed by atoms with E-state index in [1.54, 1.807) is 6.20 Å². The Morgan fingerprint density at radius 2 is 1.70 bits per heavy atom. The van der Waals surface area contributed by atoms with Crippen molar-refractivity contribution in [2.45, 2.75) is 103 Å². The van der Waals surface area contributed by atoms with Crippen LogP contribution in [0.25, 0.3) is 11.1 Å². The first-order valence-corrected chi connectivity index (χ1v) is 18.1. The number of carbonyl (C=O) groups is 2. The highest BCUT2D eigenvalue weighted by atomic mass is 19.4. The molecule has 0 bridgehead atoms. The Morgan fingerprint density at radius 3 is 2.30 bits per heavy atom. The number of benzene rings is 1. The first-order valence-electron chi connectivity index (χ1n) is 18.1. The van der Waals surface area contributed by atoms with Crippen LogP contribution in [-0.2, 0) is 21.5 Å². The molecule has 4 N–H and O–H groups in total. The Hall–Kier alpha value is -4.99. The lowest BCUT2D eigenvalue weighted by atomic mass is 9.92. The molecule has 1 aromatic carbocycles. The largest absolute Gasteiger partial charge is 0.474 e. The van der Waals surface area contributed by atoms with Crippen LogP contribution in [0, 0.1) is 6.92 Å². The molecular formula is C38H50F3N9O4. The van der Waals surface area contributed by atoms with Gasteiger partial charge in [-0.2, -0.15) is 18.3 Å². The number of carbonyl (C=O) groups excluding carboxylic acids is 2. The summed E-state index contributed by atoms with van der Waals surface area (Å²) in [5, 5.41) is 8.67. The monoisotopic (exact) mass is 753 g/mol. The number of pyridine rings is 1. The third-order valence-corrected chi connectivity index (χ3v) is 9.66. The highest BCUT2D eigenvalue weighted by molar-refractivity contribution is 6.12. The number of rotatable bonds is 10. The summed E-state index contributed by atoms with van der Waals surface area (Å²) in [7, 11) is 0. The van der Waals surface area contributed by atoms with Crippen molar-refractivity contribution in [2.24, 2.45) is 10.7 Å². The summed E-state index contributed by atoms with van der Waals surface area (Å²) >= 11 is 0. The first kappa shape index (κ1) is 40.2. The van der Waals surface area contributed by atoms with Gasteiger partial charge in [-0.05, 0) is 96.6 Å². The lowest BCUT2D eigenvalue weighted by molar-refractivity contribution is -0.182. The van der Waals surface area contributed by atoms with Crippen molar-refractivity contribution in [1.82, 2.24) is 35.3 Å². The Balaban J connectivity index is 1.08. The van der Waals surface area contributed by atoms with Crippen LogP contribution in [0.15, 0.2) is 53.3 Å². The van der Waals surface area contributed by atoms with Crippen LogP contribution in [0.2, 0.25) is 0 Å². The standard InChI is InChI=1S/C38H50F3N9O4/c1-24-19-25(7-9-30(24)43-22-27(20-42)33(51)45-23-31-46-34(48-47-31)37(5,6)38(39,40)41)26-8-10-32(44-21-26)53-29-13-17-49(18-14-29)28-11-15-50(16-12-28)35(52)54-36(2,3)4/h7-10,19-22,28-29H,11-18,23,42H2,1-6H3,(H,45,51)(H,46,47,48)/b27-20+,43-22?. The molecule has 13 nitrogen and oxygen atoms in total. The molecule has 0 unspecified atom stereocenters. The summed E-state index contributed by atoms with van der Waals surface area (Å²) < 4.78 is 51.7. The molecule has 2 aliphatic heterocycles. The van der Waals surface area contributed by atoms with Gasteiger partial charge in [0.1, 0.15) is 22.9 Å². The van der Waals surface area contributed by atoms with Crippen molar-refractivity contribution in [3.63, 3.8) is 0 Å². The van der Waals surface area contributed by atoms with Gasteiger partial charge in [0.2, 0.25) is 5.88 Å². The van der Waals surface area contributed by atoms with E-state index in [0.29, 0.717) is 30.7 Å². The number of hydrogen-bond acceptors (Lipinski definition) is 10. The molecule has 54 heavy (non-hydrogen) atoms. The van der Waals surface area contributed by atoms with E-state index in [4.69, 9.17) is 15.2 Å². The molecular weight excluding hydrogens is 703 g/mol. The summed E-state index contributed by atoms with van der Waals surface area (Å²) in [5.74, 6) is -0.362. The van der Waals surface area contributed by atoms with Crippen molar-refractivity contribution < 1.29 is 32.2 Å². The smallest absolute Gasteiger partial charge is 0.410 e. The molecule has 3 aromatic rings. The number of amides is 2. The van der Waals surface area contributed by atoms with Crippen molar-refractivity contribution >= 4 is 23.9 Å². The minimum Gasteiger partial charge on any atom is -0.474 e. The van der Waals surface area contributed by atoms with Gasteiger partial charge in [0, 0.05) is 62.5 Å². The number of aromatic nitrogens is 4. The van der Waals surface area contributed by atoms with Gasteiger partial charge >= 0.3 is 12.3 Å². The molecule has 5 rings (SSSR count). The molecule has 2 aromatic heterocycles. The second kappa shape index (κ2) is 16.6. The molecule has 0 spiro atoms. The number of halogens is 3. The van der Waals surface area contributed by atoms with Crippen LogP contribution < -0.4 is 15.8 Å². The number of aromatic amines is 1. The van der Waals surface area contributed by atoms with E-state index in [9.17, 15) is 22.8 Å². The van der Waals surface area contributed by atoms with Crippen molar-refractivity contribution in [1.29, 1.82) is 0 Å². The molecule has 292 valence electrons. The van der Waals surface area contributed by atoms with Gasteiger partial charge in [0.15, 0.2) is 5.82 Å². The number of likely N-dealkylation sites (tertiary alicyclic amines) is 2. The average molecular weight is 754 g/mol. The van der Waals surface area contributed by atoms with Crippen molar-refractivity contribution in [2.75, 3.05) is 26.2 Å². The van der Waals surface area contributed by atoms with Gasteiger partial charge in [-0.1, -0.05) is 6.07 Å². The molecule has 0 radical (unpaired) electrons. The van der Waals surface area contributed by atoms with E-state index in [-0.39, 0.29) is 30.1 Å². The third kappa shape index (κ3) is 10.2. The van der Waals surface area contributed by atoms with E-state index >= 15 is 0 Å². The fourth-order valence-corrected chi connectivity index (χ4v) is 6.23. The SMILES string of the molecule is Cc1cc(-c2ccc(OC3CCN(C4CCN(C(=O)OC(C)(C)C)CC4)CC3)nc2)ccc1N=C/C(=C\N)C(=O)NCc1nc(C(C)(C)C(F)(F)F)n[nH]1. The van der Waals surface area contributed by atoms with Crippen LogP contribution in [0.5, 0.6) is 5.88 Å². The molecule has 4 heterocycles. The lowest BCUT2D eigenvalue weighted by Crippen LogP contribution is -2.50. The van der Waals surface area contributed by atoms with Crippen LogP contribution >= 0.6 is 0 Å². The van der Waals surface area contributed by atoms with E-state index in [0.717, 1.165) is 75.5 Å². The number of nitrogens with zero attached hydrogens (tertiary/aromatic N) is 6. The first-order chi connectivity index (χ1) is 25.4. The predicted molar refractivity (Wildman–Crippen MR) is 198 cm³/mol. The second-order valence-corrected chi connectivity index (χ2v) is 15.2. The Morgan fingerprint density at radius 1 is 1.02 bits per heavy atom. The van der Waals surface area contributed by atoms with Gasteiger partial charge < -0.3 is 25.4 Å². The van der Waals surface area contributed by atoms with E-state index in [2.05, 4.69) is 35.4 Å². The Kier molecular flexibility index (Phi) is 12.3. The van der Waals surface area contributed by atoms with Gasteiger partial charge in [-0.3, -0.25) is 19.8 Å². The summed E-state index contributed by atoms with van der Waals surface area (Å²) in [6.07, 6.45) is 3.21. The quantitative estimate of drug-likeness (QED) is 0.164. The minimum atomic E-state index is -4.54. The second-order valence-electron chi connectivity index (χ2n) is 15.2. The van der Waals surface area contributed by atoms with E-state index < -0.39 is 28.9 Å². The van der Waals surface area contributed by atoms with Crippen molar-refractivity contribution in [3.05, 3.63) is 65.5 Å². The van der Waals surface area contributed by atoms with E-state index in [1.807, 2.05) is 62.9 Å². The Bertz CT molecular complexity index is 1820. The zero-order valence-corrected chi connectivity index (χ0v) is 31.7. The normalized spacial score (nSPS) is 17.2. The van der Waals surface area contributed by atoms with Crippen LogP contribution in [-0.4, -0.2) is 98.3 Å². The van der Waals surface area contributed by atoms with Gasteiger partial charge in [0.05, 0.1) is 17.8 Å². The van der Waals surface area contributed by atoms with Gasteiger partial charge in [-0.25, -0.2) is 14.8 Å². The number of H-pyrrole nitrogens is 1. The number of piperidine rings is 2. The van der Waals surface area contributed by atoms with Crippen LogP contribution in [0.3, 0.4) is 0 Å². The highest BCUT2D eigenvalue weighted by Gasteiger charge is 2.51. The lowest BCUT2D eigenvalue weighted by Gasteiger charge is -2.41. The maximum absolute atomic E-state index is 13.3. The summed E-state index contributed by atoms with van der Waals surface area (Å²) in [5.41, 5.74) is 6.30. The zero-order valence-electron chi connectivity index (χ0n) is 31.7. The predicted octanol–water partition coefficient (Wildman–Crippen LogP) is 6.12. The molecule has 0 aliphatic carbocycles. The topological polar surface area (TPSA) is 164 Å². The number of aryl methyl sites for hydroxylation is 1. The number of hydrogen-bond donors (Lipinski definition) is 3. The maximum atomic E-state index is 13.3. The molecule has 0 atom stereocenters. The number of aliphatic imine (C=N–C) groups is 1. The Labute approximate surface area is 313 Å². The molecule has 2 aliphatic rings. The van der Waals surface area contributed by atoms with Crippen LogP contribution in [0.4, 0.5) is 23.7 Å². The summed E-state index contributed by atoms with van der Waals surface area (Å²) in [6, 6.07) is 10.00. The fourth-order valence-electron chi connectivity index (χ4n) is 6.23. The zero-order chi connectivity index (χ0) is 39.3. The highest BCUT2D eigenvalue weighted by Crippen LogP contribution is 2.38. The molecule has 2 fully saturated rings. The number of nitrogens with two attached hydrogens (primary N) is 1. The molecule has 0 saturated carbocycles. The van der Waals surface area contributed by atoms with Gasteiger partial charge in [-0.15, -0.1) is 0 Å². The molecule has 16 heteroatoms. The number of alkyl halides is 3. The summed E-state index contributed by atoms with van der Waals surface area (Å²) in [6.45, 7) is 12.6. The maximum Gasteiger partial charge on any atom is 0.410 e. The third-order valence-electron chi connectivity index (χ3n) is 9.66. The number of ether oxygens (including phenoxy) is 2. The summed E-state index contributed by atoms with van der Waals surface area (Å²) in [4.78, 5) is 42.4. The molecule has 2 saturated heterocycles. The molecule has 2 amide bonds. The fraction of sp³-hybridized carbons (Fsp3) is 0.526.